The Balaban J connectivity index is 1.64. The van der Waals surface area contributed by atoms with Gasteiger partial charge < -0.3 is 4.98 Å². The molecular formula is C20H21N5O. The molecule has 0 radical (unpaired) electrons. The van der Waals surface area contributed by atoms with Crippen molar-refractivity contribution in [2.24, 2.45) is 4.99 Å². The summed E-state index contributed by atoms with van der Waals surface area (Å²) in [7, 11) is 0. The number of hydrogen-bond donors (Lipinski definition) is 2. The maximum absolute atomic E-state index is 12.5. The zero-order chi connectivity index (χ0) is 18.4. The van der Waals surface area contributed by atoms with E-state index >= 15 is 0 Å². The van der Waals surface area contributed by atoms with E-state index in [-0.39, 0.29) is 12.2 Å². The molecule has 0 saturated heterocycles. The topological polar surface area (TPSA) is 86.8 Å². The molecule has 1 aliphatic rings. The number of nitrogens with one attached hydrogen (secondary N) is 2. The van der Waals surface area contributed by atoms with Gasteiger partial charge in [-0.25, -0.2) is 4.98 Å². The molecule has 6 nitrogen and oxygen atoms in total. The molecule has 26 heavy (non-hydrogen) atoms. The van der Waals surface area contributed by atoms with Crippen molar-refractivity contribution in [2.75, 3.05) is 6.54 Å². The van der Waals surface area contributed by atoms with Gasteiger partial charge in [-0.1, -0.05) is 0 Å². The minimum atomic E-state index is 0.00100. The number of allylic oxidation sites excluding steroid dienone is 1. The molecule has 132 valence electrons. The van der Waals surface area contributed by atoms with E-state index in [9.17, 15) is 4.79 Å². The second kappa shape index (κ2) is 6.05. The average Bonchev–Trinajstić information content (AvgIpc) is 3.26. The van der Waals surface area contributed by atoms with Crippen LogP contribution in [0.5, 0.6) is 0 Å². The smallest absolute Gasteiger partial charge is 0.187 e. The number of H-pyrrole nitrogens is 2. The van der Waals surface area contributed by atoms with Crippen LogP contribution < -0.4 is 0 Å². The molecule has 0 spiro atoms. The monoisotopic (exact) mass is 347 g/mol. The Labute approximate surface area is 151 Å². The lowest BCUT2D eigenvalue weighted by Gasteiger charge is -2.00. The first-order valence-electron chi connectivity index (χ1n) is 8.68. The van der Waals surface area contributed by atoms with E-state index in [4.69, 9.17) is 0 Å². The summed E-state index contributed by atoms with van der Waals surface area (Å²) in [5, 5.41) is 7.99. The van der Waals surface area contributed by atoms with Crippen LogP contribution in [-0.2, 0) is 6.42 Å². The summed E-state index contributed by atoms with van der Waals surface area (Å²) in [6.07, 6.45) is 2.04. The molecule has 6 heteroatoms. The molecule has 0 fully saturated rings. The lowest BCUT2D eigenvalue weighted by Crippen LogP contribution is -2.06. The van der Waals surface area contributed by atoms with Crippen molar-refractivity contribution in [3.63, 3.8) is 0 Å². The van der Waals surface area contributed by atoms with Crippen LogP contribution in [0.4, 0.5) is 0 Å². The van der Waals surface area contributed by atoms with Crippen LogP contribution in [-0.4, -0.2) is 38.2 Å². The van der Waals surface area contributed by atoms with Gasteiger partial charge in [0.15, 0.2) is 5.78 Å². The van der Waals surface area contributed by atoms with Gasteiger partial charge in [-0.05, 0) is 51.0 Å². The molecule has 1 aliphatic heterocycles. The summed E-state index contributed by atoms with van der Waals surface area (Å²) >= 11 is 0. The van der Waals surface area contributed by atoms with Gasteiger partial charge in [-0.15, -0.1) is 0 Å². The summed E-state index contributed by atoms with van der Waals surface area (Å²) in [5.74, 6) is 0.00100. The SMILES string of the molecule is CC1=NCC(C)=C1c1cc2cc(CC(=O)c3n[nH]c(C)c3C)cnc2[nH]1. The minimum Gasteiger partial charge on any atom is -0.339 e. The van der Waals surface area contributed by atoms with Crippen molar-refractivity contribution >= 4 is 28.1 Å². The molecule has 0 saturated carbocycles. The normalized spacial score (nSPS) is 14.4. The number of aryl methyl sites for hydroxylation is 1. The van der Waals surface area contributed by atoms with Crippen molar-refractivity contribution in [1.82, 2.24) is 20.2 Å². The van der Waals surface area contributed by atoms with E-state index < -0.39 is 0 Å². The molecule has 4 rings (SSSR count). The van der Waals surface area contributed by atoms with E-state index in [0.717, 1.165) is 45.8 Å². The maximum Gasteiger partial charge on any atom is 0.187 e. The van der Waals surface area contributed by atoms with Crippen molar-refractivity contribution in [2.45, 2.75) is 34.1 Å². The van der Waals surface area contributed by atoms with E-state index in [0.29, 0.717) is 5.69 Å². The van der Waals surface area contributed by atoms with E-state index in [1.54, 1.807) is 6.20 Å². The maximum atomic E-state index is 12.5. The highest BCUT2D eigenvalue weighted by Crippen LogP contribution is 2.27. The largest absolute Gasteiger partial charge is 0.339 e. The van der Waals surface area contributed by atoms with Crippen LogP contribution in [0.25, 0.3) is 16.6 Å². The van der Waals surface area contributed by atoms with Crippen LogP contribution >= 0.6 is 0 Å². The molecule has 0 amide bonds. The Morgan fingerprint density at radius 3 is 2.65 bits per heavy atom. The number of aromatic amines is 2. The second-order valence-corrected chi connectivity index (χ2v) is 6.94. The fraction of sp³-hybridized carbons (Fsp3) is 0.300. The highest BCUT2D eigenvalue weighted by Gasteiger charge is 2.18. The van der Waals surface area contributed by atoms with Gasteiger partial charge in [0.1, 0.15) is 11.3 Å². The standard InChI is InChI=1S/C20H21N5O/c1-10-8-21-13(4)18(10)16-7-15-5-14(9-22-20(15)23-16)6-17(26)19-11(2)12(3)24-25-19/h5,7,9H,6,8H2,1-4H3,(H,22,23)(H,24,25). The first kappa shape index (κ1) is 16.4. The quantitative estimate of drug-likeness (QED) is 0.707. The van der Waals surface area contributed by atoms with Crippen LogP contribution in [0, 0.1) is 13.8 Å². The third-order valence-electron chi connectivity index (χ3n) is 5.02. The van der Waals surface area contributed by atoms with Crippen LogP contribution in [0.3, 0.4) is 0 Å². The fourth-order valence-corrected chi connectivity index (χ4v) is 3.45. The zero-order valence-corrected chi connectivity index (χ0v) is 15.4. The third-order valence-corrected chi connectivity index (χ3v) is 5.02. The van der Waals surface area contributed by atoms with Gasteiger partial charge in [-0.2, -0.15) is 5.10 Å². The van der Waals surface area contributed by atoms with Gasteiger partial charge in [0.05, 0.1) is 6.54 Å². The summed E-state index contributed by atoms with van der Waals surface area (Å²) in [6.45, 7) is 8.72. The van der Waals surface area contributed by atoms with Gasteiger partial charge >= 0.3 is 0 Å². The molecular weight excluding hydrogens is 326 g/mol. The Bertz CT molecular complexity index is 1100. The Morgan fingerprint density at radius 2 is 2.00 bits per heavy atom. The average molecular weight is 347 g/mol. The number of fused-ring (bicyclic) bond motifs is 1. The van der Waals surface area contributed by atoms with Crippen LogP contribution in [0.15, 0.2) is 28.9 Å². The molecule has 0 aromatic carbocycles. The van der Waals surface area contributed by atoms with Gasteiger partial charge in [0.2, 0.25) is 0 Å². The lowest BCUT2D eigenvalue weighted by atomic mass is 10.0. The predicted molar refractivity (Wildman–Crippen MR) is 103 cm³/mol. The molecule has 4 heterocycles. The minimum absolute atomic E-state index is 0.00100. The van der Waals surface area contributed by atoms with Crippen molar-refractivity contribution in [3.8, 4) is 0 Å². The zero-order valence-electron chi connectivity index (χ0n) is 15.4. The number of ketones is 1. The predicted octanol–water partition coefficient (Wildman–Crippen LogP) is 3.58. The number of carbonyl (C=O) groups is 1. The number of aromatic nitrogens is 4. The Hall–Kier alpha value is -3.02. The summed E-state index contributed by atoms with van der Waals surface area (Å²) in [5.41, 5.74) is 8.56. The van der Waals surface area contributed by atoms with E-state index in [1.807, 2.05) is 26.8 Å². The van der Waals surface area contributed by atoms with Crippen molar-refractivity contribution in [3.05, 3.63) is 52.1 Å². The Kier molecular flexibility index (Phi) is 3.83. The van der Waals surface area contributed by atoms with Crippen LogP contribution in [0.1, 0.15) is 46.9 Å². The first-order chi connectivity index (χ1) is 12.4. The van der Waals surface area contributed by atoms with Gasteiger partial charge in [-0.3, -0.25) is 14.9 Å². The van der Waals surface area contributed by atoms with Gasteiger partial charge in [0.25, 0.3) is 0 Å². The highest BCUT2D eigenvalue weighted by molar-refractivity contribution is 6.25. The van der Waals surface area contributed by atoms with E-state index in [1.165, 1.54) is 11.1 Å². The summed E-state index contributed by atoms with van der Waals surface area (Å²) in [4.78, 5) is 24.9. The molecule has 3 aromatic rings. The van der Waals surface area contributed by atoms with E-state index in [2.05, 4.69) is 38.1 Å². The highest BCUT2D eigenvalue weighted by atomic mass is 16.1. The number of rotatable bonds is 4. The fourth-order valence-electron chi connectivity index (χ4n) is 3.45. The second-order valence-electron chi connectivity index (χ2n) is 6.94. The van der Waals surface area contributed by atoms with Crippen molar-refractivity contribution in [1.29, 1.82) is 0 Å². The first-order valence-corrected chi connectivity index (χ1v) is 8.68. The number of nitrogens with zero attached hydrogens (tertiary/aromatic N) is 3. The molecule has 0 bridgehead atoms. The van der Waals surface area contributed by atoms with Crippen molar-refractivity contribution < 1.29 is 4.79 Å². The number of pyridine rings is 1. The summed E-state index contributed by atoms with van der Waals surface area (Å²) in [6, 6.07) is 4.11. The summed E-state index contributed by atoms with van der Waals surface area (Å²) < 4.78 is 0. The van der Waals surface area contributed by atoms with Crippen LogP contribution in [0.2, 0.25) is 0 Å². The molecule has 0 atom stereocenters. The molecule has 0 unspecified atom stereocenters. The number of hydrogen-bond acceptors (Lipinski definition) is 4. The molecule has 0 aliphatic carbocycles. The number of Topliss-reactive ketones (excluding diaryl/α,β-unsaturated/α-hetero) is 1. The molecule has 3 aromatic heterocycles. The lowest BCUT2D eigenvalue weighted by molar-refractivity contribution is 0.0987. The molecule has 2 N–H and O–H groups in total. The van der Waals surface area contributed by atoms with Gasteiger partial charge in [0, 0.05) is 46.2 Å². The third kappa shape index (κ3) is 2.67. The number of carbonyl (C=O) groups excluding carboxylic acids is 1. The Morgan fingerprint density at radius 1 is 1.19 bits per heavy atom. The number of aliphatic imine (C=N–C) groups is 1.